The first-order chi connectivity index (χ1) is 7.47. The van der Waals surface area contributed by atoms with E-state index >= 15 is 0 Å². The Balaban J connectivity index is 2.00. The highest BCUT2D eigenvalue weighted by Crippen LogP contribution is 2.14. The molecular formula is C9H14F3N3O. The maximum absolute atomic E-state index is 11.6. The molecule has 1 rings (SSSR count). The Morgan fingerprint density at radius 3 is 2.75 bits per heavy atom. The number of nitrogens with zero attached hydrogens (tertiary/aromatic N) is 2. The number of ether oxygens (including phenoxy) is 1. The zero-order valence-corrected chi connectivity index (χ0v) is 8.92. The Bertz CT molecular complexity index is 311. The summed E-state index contributed by atoms with van der Waals surface area (Å²) in [6.07, 6.45) is -2.03. The van der Waals surface area contributed by atoms with Crippen LogP contribution in [0.5, 0.6) is 0 Å². The van der Waals surface area contributed by atoms with Crippen LogP contribution in [-0.4, -0.2) is 35.8 Å². The van der Waals surface area contributed by atoms with Gasteiger partial charge < -0.3 is 5.32 Å². The molecule has 0 aliphatic rings. The minimum Gasteiger partial charge on any atom is -0.314 e. The summed E-state index contributed by atoms with van der Waals surface area (Å²) < 4.78 is 40.0. The molecule has 1 aromatic rings. The third kappa shape index (κ3) is 5.72. The van der Waals surface area contributed by atoms with Crippen molar-refractivity contribution in [1.82, 2.24) is 15.1 Å². The van der Waals surface area contributed by atoms with Gasteiger partial charge in [-0.2, -0.15) is 5.10 Å². The molecule has 0 bridgehead atoms. The molecule has 0 aliphatic carbocycles. The quantitative estimate of drug-likeness (QED) is 0.753. The van der Waals surface area contributed by atoms with Gasteiger partial charge in [-0.05, 0) is 6.07 Å². The van der Waals surface area contributed by atoms with Gasteiger partial charge in [0.1, 0.15) is 0 Å². The van der Waals surface area contributed by atoms with E-state index in [2.05, 4.69) is 15.2 Å². The highest BCUT2D eigenvalue weighted by Gasteiger charge is 2.28. The van der Waals surface area contributed by atoms with Gasteiger partial charge in [-0.25, -0.2) is 0 Å². The van der Waals surface area contributed by atoms with Gasteiger partial charge in [-0.15, -0.1) is 13.2 Å². The molecule has 4 nitrogen and oxygen atoms in total. The van der Waals surface area contributed by atoms with Crippen molar-refractivity contribution >= 4 is 0 Å². The number of aromatic nitrogens is 2. The number of rotatable bonds is 6. The fraction of sp³-hybridized carbons (Fsp3) is 0.667. The summed E-state index contributed by atoms with van der Waals surface area (Å²) in [5, 5.41) is 6.97. The highest BCUT2D eigenvalue weighted by atomic mass is 19.4. The van der Waals surface area contributed by atoms with Crippen LogP contribution in [0, 0.1) is 0 Å². The summed E-state index contributed by atoms with van der Waals surface area (Å²) in [5.74, 6) is 0. The van der Waals surface area contributed by atoms with Gasteiger partial charge in [0.15, 0.2) is 0 Å². The van der Waals surface area contributed by atoms with E-state index in [1.54, 1.807) is 4.68 Å². The van der Waals surface area contributed by atoms with Crippen molar-refractivity contribution in [2.45, 2.75) is 12.8 Å². The van der Waals surface area contributed by atoms with E-state index in [1.807, 2.05) is 19.3 Å². The third-order valence-electron chi connectivity index (χ3n) is 1.87. The zero-order valence-electron chi connectivity index (χ0n) is 8.92. The second kappa shape index (κ2) is 5.86. The van der Waals surface area contributed by atoms with Crippen LogP contribution >= 0.6 is 0 Å². The van der Waals surface area contributed by atoms with Crippen molar-refractivity contribution in [2.24, 2.45) is 7.05 Å². The molecule has 0 aliphatic heterocycles. The second-order valence-electron chi connectivity index (χ2n) is 3.27. The molecule has 0 saturated heterocycles. The Hall–Kier alpha value is -1.08. The summed E-state index contributed by atoms with van der Waals surface area (Å²) >= 11 is 0. The van der Waals surface area contributed by atoms with Crippen LogP contribution in [-0.2, 0) is 18.2 Å². The van der Waals surface area contributed by atoms with Crippen LogP contribution in [0.25, 0.3) is 0 Å². The minimum atomic E-state index is -4.54. The smallest absolute Gasteiger partial charge is 0.314 e. The van der Waals surface area contributed by atoms with E-state index in [4.69, 9.17) is 0 Å². The lowest BCUT2D eigenvalue weighted by atomic mass is 10.3. The number of hydrogen-bond acceptors (Lipinski definition) is 3. The Morgan fingerprint density at radius 1 is 1.44 bits per heavy atom. The number of hydrogen-bond donors (Lipinski definition) is 1. The predicted molar refractivity (Wildman–Crippen MR) is 51.8 cm³/mol. The van der Waals surface area contributed by atoms with E-state index < -0.39 is 6.36 Å². The fourth-order valence-corrected chi connectivity index (χ4v) is 1.18. The summed E-state index contributed by atoms with van der Waals surface area (Å²) in [5.41, 5.74) is 0.909. The maximum Gasteiger partial charge on any atom is 0.522 e. The van der Waals surface area contributed by atoms with E-state index in [9.17, 15) is 13.2 Å². The SMILES string of the molecule is Cn1ccc(CCNCCOC(F)(F)F)n1. The number of aryl methyl sites for hydroxylation is 1. The van der Waals surface area contributed by atoms with Crippen LogP contribution in [0.3, 0.4) is 0 Å². The molecule has 1 N–H and O–H groups in total. The van der Waals surface area contributed by atoms with Gasteiger partial charge in [0.05, 0.1) is 12.3 Å². The second-order valence-corrected chi connectivity index (χ2v) is 3.27. The van der Waals surface area contributed by atoms with Crippen LogP contribution in [0.4, 0.5) is 13.2 Å². The van der Waals surface area contributed by atoms with Crippen molar-refractivity contribution < 1.29 is 17.9 Å². The van der Waals surface area contributed by atoms with Crippen LogP contribution in [0.2, 0.25) is 0 Å². The average Bonchev–Trinajstić information content (AvgIpc) is 2.56. The number of nitrogens with one attached hydrogen (secondary N) is 1. The van der Waals surface area contributed by atoms with Crippen molar-refractivity contribution in [2.75, 3.05) is 19.7 Å². The molecular weight excluding hydrogens is 223 g/mol. The monoisotopic (exact) mass is 237 g/mol. The van der Waals surface area contributed by atoms with Crippen molar-refractivity contribution in [3.63, 3.8) is 0 Å². The van der Waals surface area contributed by atoms with E-state index in [-0.39, 0.29) is 13.2 Å². The van der Waals surface area contributed by atoms with Gasteiger partial charge in [0.2, 0.25) is 0 Å². The lowest BCUT2D eigenvalue weighted by molar-refractivity contribution is -0.323. The van der Waals surface area contributed by atoms with Crippen molar-refractivity contribution in [3.05, 3.63) is 18.0 Å². The van der Waals surface area contributed by atoms with E-state index in [0.29, 0.717) is 13.0 Å². The molecule has 0 fully saturated rings. The highest BCUT2D eigenvalue weighted by molar-refractivity contribution is 4.98. The largest absolute Gasteiger partial charge is 0.522 e. The molecule has 0 spiro atoms. The Kier molecular flexibility index (Phi) is 4.75. The Morgan fingerprint density at radius 2 is 2.19 bits per heavy atom. The molecule has 92 valence electrons. The molecule has 0 unspecified atom stereocenters. The lowest BCUT2D eigenvalue weighted by Crippen LogP contribution is -2.25. The fourth-order valence-electron chi connectivity index (χ4n) is 1.18. The molecule has 16 heavy (non-hydrogen) atoms. The lowest BCUT2D eigenvalue weighted by Gasteiger charge is -2.07. The molecule has 7 heteroatoms. The maximum atomic E-state index is 11.6. The first kappa shape index (κ1) is 13.0. The summed E-state index contributed by atoms with van der Waals surface area (Å²) in [4.78, 5) is 0. The van der Waals surface area contributed by atoms with Gasteiger partial charge >= 0.3 is 6.36 Å². The van der Waals surface area contributed by atoms with Crippen LogP contribution in [0.15, 0.2) is 12.3 Å². The molecule has 0 atom stereocenters. The summed E-state index contributed by atoms with van der Waals surface area (Å²) in [6.45, 7) is 0.385. The third-order valence-corrected chi connectivity index (χ3v) is 1.87. The van der Waals surface area contributed by atoms with Crippen LogP contribution in [0.1, 0.15) is 5.69 Å². The summed E-state index contributed by atoms with van der Waals surface area (Å²) in [7, 11) is 1.81. The molecule has 0 amide bonds. The van der Waals surface area contributed by atoms with Gasteiger partial charge in [-0.1, -0.05) is 0 Å². The molecule has 1 heterocycles. The van der Waals surface area contributed by atoms with Gasteiger partial charge in [0.25, 0.3) is 0 Å². The number of alkyl halides is 3. The standard InChI is InChI=1S/C9H14F3N3O/c1-15-6-3-8(14-15)2-4-13-5-7-16-9(10,11)12/h3,6,13H,2,4-5,7H2,1H3. The first-order valence-corrected chi connectivity index (χ1v) is 4.87. The van der Waals surface area contributed by atoms with Gasteiger partial charge in [-0.3, -0.25) is 9.42 Å². The van der Waals surface area contributed by atoms with Gasteiger partial charge in [0, 0.05) is 32.8 Å². The van der Waals surface area contributed by atoms with E-state index in [0.717, 1.165) is 5.69 Å². The normalized spacial score (nSPS) is 12.0. The van der Waals surface area contributed by atoms with Crippen molar-refractivity contribution in [3.8, 4) is 0 Å². The first-order valence-electron chi connectivity index (χ1n) is 4.87. The molecule has 0 radical (unpaired) electrons. The predicted octanol–water partition coefficient (Wildman–Crippen LogP) is 1.09. The average molecular weight is 237 g/mol. The van der Waals surface area contributed by atoms with Crippen LogP contribution < -0.4 is 5.32 Å². The number of halogens is 3. The zero-order chi connectivity index (χ0) is 12.0. The molecule has 1 aromatic heterocycles. The molecule has 0 aromatic carbocycles. The van der Waals surface area contributed by atoms with Crippen molar-refractivity contribution in [1.29, 1.82) is 0 Å². The minimum absolute atomic E-state index is 0.173. The van der Waals surface area contributed by atoms with E-state index in [1.165, 1.54) is 0 Å². The Labute approximate surface area is 91.4 Å². The summed E-state index contributed by atoms with van der Waals surface area (Å²) in [6, 6.07) is 1.87. The molecule has 0 saturated carbocycles. The topological polar surface area (TPSA) is 39.1 Å².